The van der Waals surface area contributed by atoms with Crippen molar-refractivity contribution in [2.75, 3.05) is 40.8 Å². The number of likely N-dealkylation sites (N-methyl/N-ethyl adjacent to an activating group) is 1. The Morgan fingerprint density at radius 2 is 1.91 bits per heavy atom. The molecular formula is C24H32FIN6O. The van der Waals surface area contributed by atoms with E-state index in [1.54, 1.807) is 13.1 Å². The summed E-state index contributed by atoms with van der Waals surface area (Å²) in [7, 11) is 5.67. The minimum Gasteiger partial charge on any atom is -0.361 e. The van der Waals surface area contributed by atoms with Crippen molar-refractivity contribution in [3.05, 3.63) is 71.2 Å². The molecule has 33 heavy (non-hydrogen) atoms. The van der Waals surface area contributed by atoms with E-state index < -0.39 is 0 Å². The summed E-state index contributed by atoms with van der Waals surface area (Å²) in [6.07, 6.45) is 2.69. The number of fused-ring (bicyclic) bond motifs is 1. The molecule has 7 nitrogen and oxygen atoms in total. The van der Waals surface area contributed by atoms with Gasteiger partial charge in [0.05, 0.1) is 0 Å². The minimum absolute atomic E-state index is 0. The van der Waals surface area contributed by atoms with E-state index in [0.717, 1.165) is 35.0 Å². The molecule has 2 aromatic carbocycles. The molecule has 3 aromatic rings. The fourth-order valence-electron chi connectivity index (χ4n) is 3.40. The van der Waals surface area contributed by atoms with Crippen LogP contribution in [0, 0.1) is 5.82 Å². The number of carbonyl (C=O) groups excluding carboxylic acids is 1. The largest absolute Gasteiger partial charge is 0.361 e. The molecule has 3 rings (SSSR count). The van der Waals surface area contributed by atoms with Gasteiger partial charge in [0.1, 0.15) is 5.82 Å². The van der Waals surface area contributed by atoms with E-state index in [1.165, 1.54) is 12.1 Å². The predicted molar refractivity (Wildman–Crippen MR) is 143 cm³/mol. The monoisotopic (exact) mass is 566 g/mol. The zero-order chi connectivity index (χ0) is 22.9. The fraction of sp³-hybridized carbons (Fsp3) is 0.333. The van der Waals surface area contributed by atoms with Crippen LogP contribution in [0.25, 0.3) is 10.9 Å². The highest BCUT2D eigenvalue weighted by molar-refractivity contribution is 14.0. The second-order valence-corrected chi connectivity index (χ2v) is 7.87. The number of hydrogen-bond acceptors (Lipinski definition) is 3. The molecule has 1 heterocycles. The maximum atomic E-state index is 13.3. The lowest BCUT2D eigenvalue weighted by molar-refractivity contribution is 0.0951. The lowest BCUT2D eigenvalue weighted by atomic mass is 10.1. The molecule has 0 aliphatic carbocycles. The molecule has 0 saturated carbocycles. The molecule has 178 valence electrons. The van der Waals surface area contributed by atoms with Gasteiger partial charge >= 0.3 is 0 Å². The average Bonchev–Trinajstić information content (AvgIpc) is 3.17. The number of H-pyrrole nitrogens is 1. The average molecular weight is 566 g/mol. The standard InChI is InChI=1S/C24H31FN6O.HI/c1-26-24(28-10-9-19-16-29-22-14-20(25)7-8-21(19)22)30-15-17-5-4-6-18(13-17)23(32)27-11-12-31(2)3;/h4-8,13-14,16,29H,9-12,15H2,1-3H3,(H,27,32)(H2,26,28,30);1H. The molecule has 0 unspecified atom stereocenters. The predicted octanol–water partition coefficient (Wildman–Crippen LogP) is 3.12. The highest BCUT2D eigenvalue weighted by Crippen LogP contribution is 2.19. The Kier molecular flexibility index (Phi) is 10.6. The van der Waals surface area contributed by atoms with Crippen LogP contribution in [0.15, 0.2) is 53.7 Å². The van der Waals surface area contributed by atoms with Gasteiger partial charge in [-0.05, 0) is 62.0 Å². The van der Waals surface area contributed by atoms with Gasteiger partial charge in [-0.25, -0.2) is 4.39 Å². The lowest BCUT2D eigenvalue weighted by Crippen LogP contribution is -2.37. The van der Waals surface area contributed by atoms with Crippen LogP contribution in [-0.2, 0) is 13.0 Å². The second-order valence-electron chi connectivity index (χ2n) is 7.87. The van der Waals surface area contributed by atoms with Gasteiger partial charge in [-0.15, -0.1) is 24.0 Å². The van der Waals surface area contributed by atoms with Gasteiger partial charge < -0.3 is 25.8 Å². The topological polar surface area (TPSA) is 84.5 Å². The Hall–Kier alpha value is -2.66. The van der Waals surface area contributed by atoms with E-state index in [4.69, 9.17) is 0 Å². The number of aromatic amines is 1. The Balaban J connectivity index is 0.00000385. The number of benzene rings is 2. The Morgan fingerprint density at radius 1 is 1.09 bits per heavy atom. The first-order chi connectivity index (χ1) is 15.5. The van der Waals surface area contributed by atoms with E-state index in [2.05, 4.69) is 25.9 Å². The van der Waals surface area contributed by atoms with Crippen molar-refractivity contribution in [2.45, 2.75) is 13.0 Å². The number of guanidine groups is 1. The molecule has 0 atom stereocenters. The maximum absolute atomic E-state index is 13.3. The summed E-state index contributed by atoms with van der Waals surface area (Å²) in [5.41, 5.74) is 3.55. The van der Waals surface area contributed by atoms with E-state index >= 15 is 0 Å². The zero-order valence-corrected chi connectivity index (χ0v) is 21.6. The SMILES string of the molecule is CN=C(NCCc1c[nH]c2cc(F)ccc12)NCc1cccc(C(=O)NCCN(C)C)c1.I. The van der Waals surface area contributed by atoms with Gasteiger partial charge in [-0.1, -0.05) is 12.1 Å². The third-order valence-electron chi connectivity index (χ3n) is 5.13. The Labute approximate surface area is 211 Å². The molecule has 0 fully saturated rings. The highest BCUT2D eigenvalue weighted by Gasteiger charge is 2.08. The second kappa shape index (κ2) is 13.1. The van der Waals surface area contributed by atoms with Crippen molar-refractivity contribution >= 4 is 46.7 Å². The molecule has 9 heteroatoms. The number of rotatable bonds is 9. The first-order valence-corrected chi connectivity index (χ1v) is 10.7. The first kappa shape index (κ1) is 26.6. The number of amides is 1. The molecule has 1 amide bonds. The van der Waals surface area contributed by atoms with E-state index in [-0.39, 0.29) is 35.7 Å². The number of nitrogens with one attached hydrogen (secondary N) is 4. The number of aliphatic imine (C=N–C) groups is 1. The molecule has 0 saturated heterocycles. The molecule has 0 aliphatic rings. The van der Waals surface area contributed by atoms with Crippen LogP contribution in [0.4, 0.5) is 4.39 Å². The summed E-state index contributed by atoms with van der Waals surface area (Å²) in [4.78, 5) is 21.7. The quantitative estimate of drug-likeness (QED) is 0.182. The van der Waals surface area contributed by atoms with Crippen molar-refractivity contribution < 1.29 is 9.18 Å². The summed E-state index contributed by atoms with van der Waals surface area (Å²) in [6, 6.07) is 12.3. The number of nitrogens with zero attached hydrogens (tertiary/aromatic N) is 2. The summed E-state index contributed by atoms with van der Waals surface area (Å²) < 4.78 is 13.3. The van der Waals surface area contributed by atoms with Gasteiger partial charge in [0, 0.05) is 55.9 Å². The van der Waals surface area contributed by atoms with Crippen molar-refractivity contribution in [2.24, 2.45) is 4.99 Å². The van der Waals surface area contributed by atoms with Gasteiger partial charge in [-0.2, -0.15) is 0 Å². The van der Waals surface area contributed by atoms with Crippen molar-refractivity contribution in [1.82, 2.24) is 25.8 Å². The van der Waals surface area contributed by atoms with E-state index in [0.29, 0.717) is 31.2 Å². The van der Waals surface area contributed by atoms with Crippen LogP contribution in [0.2, 0.25) is 0 Å². The number of hydrogen-bond donors (Lipinski definition) is 4. The molecule has 0 bridgehead atoms. The molecule has 1 aromatic heterocycles. The summed E-state index contributed by atoms with van der Waals surface area (Å²) in [5.74, 6) is 0.357. The van der Waals surface area contributed by atoms with Crippen LogP contribution < -0.4 is 16.0 Å². The minimum atomic E-state index is -0.247. The molecule has 0 radical (unpaired) electrons. The Bertz CT molecular complexity index is 1080. The van der Waals surface area contributed by atoms with Crippen molar-refractivity contribution in [3.63, 3.8) is 0 Å². The summed E-state index contributed by atoms with van der Waals surface area (Å²) in [5, 5.41) is 10.5. The third kappa shape index (κ3) is 8.01. The van der Waals surface area contributed by atoms with Crippen molar-refractivity contribution in [3.8, 4) is 0 Å². The Morgan fingerprint density at radius 3 is 2.67 bits per heavy atom. The normalized spacial score (nSPS) is 11.4. The van der Waals surface area contributed by atoms with Gasteiger partial charge in [-0.3, -0.25) is 9.79 Å². The van der Waals surface area contributed by atoms with Crippen LogP contribution in [0.5, 0.6) is 0 Å². The number of carbonyl (C=O) groups is 1. The number of halogens is 2. The molecular weight excluding hydrogens is 534 g/mol. The number of aromatic nitrogens is 1. The summed E-state index contributed by atoms with van der Waals surface area (Å²) in [6.45, 7) is 2.63. The fourth-order valence-corrected chi connectivity index (χ4v) is 3.40. The highest BCUT2D eigenvalue weighted by atomic mass is 127. The smallest absolute Gasteiger partial charge is 0.251 e. The van der Waals surface area contributed by atoms with Crippen LogP contribution in [-0.4, -0.2) is 62.5 Å². The third-order valence-corrected chi connectivity index (χ3v) is 5.13. The maximum Gasteiger partial charge on any atom is 0.251 e. The van der Waals surface area contributed by atoms with Gasteiger partial charge in [0.25, 0.3) is 5.91 Å². The van der Waals surface area contributed by atoms with Gasteiger partial charge in [0.2, 0.25) is 0 Å². The molecule has 0 spiro atoms. The zero-order valence-electron chi connectivity index (χ0n) is 19.2. The van der Waals surface area contributed by atoms with E-state index in [9.17, 15) is 9.18 Å². The first-order valence-electron chi connectivity index (χ1n) is 10.7. The van der Waals surface area contributed by atoms with Crippen LogP contribution in [0.1, 0.15) is 21.5 Å². The van der Waals surface area contributed by atoms with Crippen LogP contribution in [0.3, 0.4) is 0 Å². The molecule has 0 aliphatic heterocycles. The van der Waals surface area contributed by atoms with Gasteiger partial charge in [0.15, 0.2) is 5.96 Å². The lowest BCUT2D eigenvalue weighted by Gasteiger charge is -2.13. The van der Waals surface area contributed by atoms with E-state index in [1.807, 2.05) is 49.5 Å². The molecule has 4 N–H and O–H groups in total. The van der Waals surface area contributed by atoms with Crippen LogP contribution >= 0.6 is 24.0 Å². The van der Waals surface area contributed by atoms with Crippen molar-refractivity contribution in [1.29, 1.82) is 0 Å². The summed E-state index contributed by atoms with van der Waals surface area (Å²) >= 11 is 0.